The Hall–Kier alpha value is -1.88. The molecule has 1 N–H and O–H groups in total. The Balaban J connectivity index is 2.40. The number of aromatic carboxylic acids is 1. The number of hydrogen-bond acceptors (Lipinski definition) is 3. The van der Waals surface area contributed by atoms with E-state index in [-0.39, 0.29) is 11.4 Å². The van der Waals surface area contributed by atoms with Gasteiger partial charge in [0.1, 0.15) is 10.8 Å². The summed E-state index contributed by atoms with van der Waals surface area (Å²) in [5.74, 6) is -1.39. The average Bonchev–Trinajstić information content (AvgIpc) is 2.28. The Morgan fingerprint density at radius 2 is 2.17 bits per heavy atom. The van der Waals surface area contributed by atoms with Gasteiger partial charge in [-0.3, -0.25) is 0 Å². The van der Waals surface area contributed by atoms with E-state index in [0.717, 1.165) is 11.8 Å². The van der Waals surface area contributed by atoms with Crippen molar-refractivity contribution in [3.63, 3.8) is 0 Å². The zero-order chi connectivity index (χ0) is 13.1. The zero-order valence-corrected chi connectivity index (χ0v) is 10.4. The first-order chi connectivity index (χ1) is 8.58. The third kappa shape index (κ3) is 2.68. The third-order valence-electron chi connectivity index (χ3n) is 2.35. The molecule has 0 bridgehead atoms. The molecule has 2 rings (SSSR count). The van der Waals surface area contributed by atoms with E-state index in [1.807, 2.05) is 0 Å². The predicted molar refractivity (Wildman–Crippen MR) is 66.5 cm³/mol. The minimum Gasteiger partial charge on any atom is -0.478 e. The summed E-state index contributed by atoms with van der Waals surface area (Å²) >= 11 is 1.14. The summed E-state index contributed by atoms with van der Waals surface area (Å²) in [4.78, 5) is 15.8. The molecule has 18 heavy (non-hydrogen) atoms. The van der Waals surface area contributed by atoms with Crippen molar-refractivity contribution in [3.05, 3.63) is 53.5 Å². The number of benzene rings is 1. The van der Waals surface area contributed by atoms with Gasteiger partial charge < -0.3 is 5.11 Å². The fourth-order valence-corrected chi connectivity index (χ4v) is 2.52. The maximum Gasteiger partial charge on any atom is 0.338 e. The molecule has 0 saturated carbocycles. The van der Waals surface area contributed by atoms with E-state index >= 15 is 0 Å². The van der Waals surface area contributed by atoms with Crippen molar-refractivity contribution < 1.29 is 14.3 Å². The van der Waals surface area contributed by atoms with Crippen LogP contribution in [0.5, 0.6) is 0 Å². The average molecular weight is 263 g/mol. The first-order valence-corrected chi connectivity index (χ1v) is 6.02. The van der Waals surface area contributed by atoms with Gasteiger partial charge in [0.2, 0.25) is 0 Å². The van der Waals surface area contributed by atoms with E-state index in [1.54, 1.807) is 31.3 Å². The topological polar surface area (TPSA) is 50.2 Å². The molecule has 0 spiro atoms. The SMILES string of the molecule is Cc1ccnc(Sc2cccc(F)c2)c1C(=O)O. The van der Waals surface area contributed by atoms with Gasteiger partial charge in [-0.1, -0.05) is 17.8 Å². The third-order valence-corrected chi connectivity index (χ3v) is 3.34. The highest BCUT2D eigenvalue weighted by Gasteiger charge is 2.15. The van der Waals surface area contributed by atoms with Gasteiger partial charge in [0.05, 0.1) is 5.56 Å². The lowest BCUT2D eigenvalue weighted by atomic mass is 10.2. The Morgan fingerprint density at radius 1 is 1.39 bits per heavy atom. The lowest BCUT2D eigenvalue weighted by Crippen LogP contribution is -2.03. The number of hydrogen-bond donors (Lipinski definition) is 1. The predicted octanol–water partition coefficient (Wildman–Crippen LogP) is 3.38. The number of nitrogens with zero attached hydrogens (tertiary/aromatic N) is 1. The van der Waals surface area contributed by atoms with Crippen LogP contribution in [0.2, 0.25) is 0 Å². The number of aromatic nitrogens is 1. The van der Waals surface area contributed by atoms with Crippen molar-refractivity contribution in [2.75, 3.05) is 0 Å². The standard InChI is InChI=1S/C13H10FNO2S/c1-8-5-6-15-12(11(8)13(16)17)18-10-4-2-3-9(14)7-10/h2-7H,1H3,(H,16,17). The molecular weight excluding hydrogens is 253 g/mol. The van der Waals surface area contributed by atoms with Crippen LogP contribution in [0.4, 0.5) is 4.39 Å². The van der Waals surface area contributed by atoms with Gasteiger partial charge in [0.25, 0.3) is 0 Å². The van der Waals surface area contributed by atoms with E-state index in [2.05, 4.69) is 4.98 Å². The first kappa shape index (κ1) is 12.6. The van der Waals surface area contributed by atoms with Crippen LogP contribution in [-0.2, 0) is 0 Å². The molecule has 0 atom stereocenters. The number of rotatable bonds is 3. The molecular formula is C13H10FNO2S. The van der Waals surface area contributed by atoms with Gasteiger partial charge in [-0.15, -0.1) is 0 Å². The molecule has 5 heteroatoms. The minimum atomic E-state index is -1.03. The summed E-state index contributed by atoms with van der Waals surface area (Å²) in [7, 11) is 0. The van der Waals surface area contributed by atoms with Gasteiger partial charge in [-0.05, 0) is 36.8 Å². The van der Waals surface area contributed by atoms with E-state index in [9.17, 15) is 9.18 Å². The highest BCUT2D eigenvalue weighted by atomic mass is 32.2. The molecule has 0 aliphatic carbocycles. The van der Waals surface area contributed by atoms with E-state index < -0.39 is 5.97 Å². The van der Waals surface area contributed by atoms with Gasteiger partial charge in [-0.2, -0.15) is 0 Å². The quantitative estimate of drug-likeness (QED) is 0.922. The second kappa shape index (κ2) is 5.18. The summed E-state index contributed by atoms with van der Waals surface area (Å²) in [5.41, 5.74) is 0.795. The fourth-order valence-electron chi connectivity index (χ4n) is 1.51. The Bertz CT molecular complexity index is 601. The number of halogens is 1. The van der Waals surface area contributed by atoms with Crippen LogP contribution >= 0.6 is 11.8 Å². The fraction of sp³-hybridized carbons (Fsp3) is 0.0769. The largest absolute Gasteiger partial charge is 0.478 e. The van der Waals surface area contributed by atoms with Crippen molar-refractivity contribution in [2.24, 2.45) is 0 Å². The summed E-state index contributed by atoms with van der Waals surface area (Å²) in [6, 6.07) is 7.61. The molecule has 2 aromatic rings. The molecule has 1 aromatic heterocycles. The molecule has 0 amide bonds. The Labute approximate surface area is 108 Å². The minimum absolute atomic E-state index is 0.159. The summed E-state index contributed by atoms with van der Waals surface area (Å²) in [6.45, 7) is 1.71. The monoisotopic (exact) mass is 263 g/mol. The van der Waals surface area contributed by atoms with Gasteiger partial charge >= 0.3 is 5.97 Å². The second-order valence-corrected chi connectivity index (χ2v) is 4.73. The van der Waals surface area contributed by atoms with Crippen LogP contribution in [0.25, 0.3) is 0 Å². The molecule has 0 radical (unpaired) electrons. The van der Waals surface area contributed by atoms with Crippen LogP contribution in [-0.4, -0.2) is 16.1 Å². The molecule has 0 aliphatic heterocycles. The maximum absolute atomic E-state index is 13.1. The lowest BCUT2D eigenvalue weighted by molar-refractivity contribution is 0.0691. The lowest BCUT2D eigenvalue weighted by Gasteiger charge is -2.07. The van der Waals surface area contributed by atoms with Gasteiger partial charge in [0, 0.05) is 11.1 Å². The van der Waals surface area contributed by atoms with E-state index in [4.69, 9.17) is 5.11 Å². The van der Waals surface area contributed by atoms with Crippen molar-refractivity contribution in [1.82, 2.24) is 4.98 Å². The van der Waals surface area contributed by atoms with Crippen molar-refractivity contribution in [1.29, 1.82) is 0 Å². The van der Waals surface area contributed by atoms with Crippen molar-refractivity contribution in [2.45, 2.75) is 16.8 Å². The second-order valence-electron chi connectivity index (χ2n) is 3.67. The van der Waals surface area contributed by atoms with E-state index in [1.165, 1.54) is 12.1 Å². The molecule has 1 heterocycles. The van der Waals surface area contributed by atoms with Crippen molar-refractivity contribution >= 4 is 17.7 Å². The summed E-state index contributed by atoms with van der Waals surface area (Å²) in [5, 5.41) is 9.52. The number of aryl methyl sites for hydroxylation is 1. The zero-order valence-electron chi connectivity index (χ0n) is 9.55. The molecule has 3 nitrogen and oxygen atoms in total. The number of carboxylic acids is 1. The van der Waals surface area contributed by atoms with Crippen LogP contribution < -0.4 is 0 Å². The summed E-state index contributed by atoms with van der Waals surface area (Å²) in [6.07, 6.45) is 1.55. The molecule has 0 aliphatic rings. The summed E-state index contributed by atoms with van der Waals surface area (Å²) < 4.78 is 13.1. The Kier molecular flexibility index (Phi) is 3.62. The smallest absolute Gasteiger partial charge is 0.338 e. The van der Waals surface area contributed by atoms with Crippen LogP contribution in [0.15, 0.2) is 46.5 Å². The highest BCUT2D eigenvalue weighted by molar-refractivity contribution is 7.99. The number of carbonyl (C=O) groups is 1. The number of carboxylic acid groups (broad SMARTS) is 1. The van der Waals surface area contributed by atoms with Gasteiger partial charge in [0.15, 0.2) is 0 Å². The normalized spacial score (nSPS) is 10.3. The van der Waals surface area contributed by atoms with E-state index in [0.29, 0.717) is 15.5 Å². The Morgan fingerprint density at radius 3 is 2.83 bits per heavy atom. The number of pyridine rings is 1. The molecule has 1 aromatic carbocycles. The maximum atomic E-state index is 13.1. The first-order valence-electron chi connectivity index (χ1n) is 5.20. The molecule has 92 valence electrons. The highest BCUT2D eigenvalue weighted by Crippen LogP contribution is 2.30. The van der Waals surface area contributed by atoms with Gasteiger partial charge in [-0.25, -0.2) is 14.2 Å². The van der Waals surface area contributed by atoms with Crippen LogP contribution in [0.1, 0.15) is 15.9 Å². The molecule has 0 fully saturated rings. The van der Waals surface area contributed by atoms with Crippen LogP contribution in [0.3, 0.4) is 0 Å². The molecule has 0 unspecified atom stereocenters. The van der Waals surface area contributed by atoms with Crippen molar-refractivity contribution in [3.8, 4) is 0 Å². The van der Waals surface area contributed by atoms with Crippen LogP contribution in [0, 0.1) is 12.7 Å². The molecule has 0 saturated heterocycles.